The van der Waals surface area contributed by atoms with Gasteiger partial charge in [-0.15, -0.1) is 15.3 Å². The molecule has 0 spiro atoms. The average Bonchev–Trinajstić information content (AvgIpc) is 3.22. The summed E-state index contributed by atoms with van der Waals surface area (Å²) in [6.45, 7) is 4.52. The molecule has 7 rings (SSSR count). The van der Waals surface area contributed by atoms with Gasteiger partial charge in [0.25, 0.3) is 0 Å². The number of fused-ring (bicyclic) bond motifs is 4. The van der Waals surface area contributed by atoms with Crippen molar-refractivity contribution in [3.63, 3.8) is 0 Å². The zero-order valence-corrected chi connectivity index (χ0v) is 22.5. The maximum atomic E-state index is 6.30. The second kappa shape index (κ2) is 10.1. The summed E-state index contributed by atoms with van der Waals surface area (Å²) >= 11 is 0. The lowest BCUT2D eigenvalue weighted by molar-refractivity contribution is 0.110. The summed E-state index contributed by atoms with van der Waals surface area (Å²) in [7, 11) is 2.22. The van der Waals surface area contributed by atoms with E-state index in [4.69, 9.17) is 5.73 Å². The highest BCUT2D eigenvalue weighted by atomic mass is 15.4. The first-order valence-corrected chi connectivity index (χ1v) is 14.1. The lowest BCUT2D eigenvalue weighted by atomic mass is 9.95. The molecule has 4 heterocycles. The van der Waals surface area contributed by atoms with Crippen molar-refractivity contribution < 1.29 is 0 Å². The van der Waals surface area contributed by atoms with E-state index in [9.17, 15) is 0 Å². The highest BCUT2D eigenvalue weighted by Crippen LogP contribution is 2.32. The normalized spacial score (nSPS) is 18.2. The number of piperidine rings is 1. The molecule has 9 heteroatoms. The predicted octanol–water partition coefficient (Wildman–Crippen LogP) is 3.99. The molecule has 1 aliphatic carbocycles. The minimum atomic E-state index is 0.284. The topological polar surface area (TPSA) is 101 Å². The molecule has 0 unspecified atom stereocenters. The second-order valence-electron chi connectivity index (χ2n) is 11.2. The summed E-state index contributed by atoms with van der Waals surface area (Å²) in [6.07, 6.45) is 6.66. The number of aromatic nitrogens is 5. The van der Waals surface area contributed by atoms with Crippen LogP contribution >= 0.6 is 0 Å². The van der Waals surface area contributed by atoms with Gasteiger partial charge in [0, 0.05) is 30.4 Å². The van der Waals surface area contributed by atoms with Crippen LogP contribution in [0.2, 0.25) is 0 Å². The van der Waals surface area contributed by atoms with Crippen LogP contribution in [0.3, 0.4) is 0 Å². The molecule has 2 aromatic heterocycles. The molecule has 1 fully saturated rings. The molecule has 0 bridgehead atoms. The Bertz CT molecular complexity index is 1500. The quantitative estimate of drug-likeness (QED) is 0.416. The van der Waals surface area contributed by atoms with Crippen LogP contribution in [0.4, 0.5) is 17.6 Å². The van der Waals surface area contributed by atoms with E-state index >= 15 is 0 Å². The highest BCUT2D eigenvalue weighted by molar-refractivity contribution is 5.68. The molecule has 9 nitrogen and oxygen atoms in total. The van der Waals surface area contributed by atoms with Crippen LogP contribution in [0, 0.1) is 0 Å². The smallest absolute Gasteiger partial charge is 0.248 e. The van der Waals surface area contributed by atoms with Gasteiger partial charge in [0.1, 0.15) is 0 Å². The van der Waals surface area contributed by atoms with Gasteiger partial charge in [-0.1, -0.05) is 30.3 Å². The Labute approximate surface area is 229 Å². The minimum absolute atomic E-state index is 0.284. The van der Waals surface area contributed by atoms with Crippen molar-refractivity contribution in [2.75, 3.05) is 37.7 Å². The number of aryl methyl sites for hydroxylation is 2. The van der Waals surface area contributed by atoms with E-state index in [0.29, 0.717) is 17.8 Å². The van der Waals surface area contributed by atoms with Crippen molar-refractivity contribution in [2.24, 2.45) is 0 Å². The van der Waals surface area contributed by atoms with E-state index in [1.165, 1.54) is 53.7 Å². The number of nitrogens with zero attached hydrogens (tertiary/aromatic N) is 7. The molecule has 4 aromatic rings. The number of hydrogen-bond acceptors (Lipinski definition) is 8. The van der Waals surface area contributed by atoms with E-state index in [1.54, 1.807) is 4.68 Å². The van der Waals surface area contributed by atoms with Gasteiger partial charge in [-0.3, -0.25) is 4.90 Å². The summed E-state index contributed by atoms with van der Waals surface area (Å²) in [5.41, 5.74) is 14.7. The van der Waals surface area contributed by atoms with Crippen LogP contribution in [0.1, 0.15) is 41.5 Å². The first-order chi connectivity index (χ1) is 19.1. The maximum Gasteiger partial charge on any atom is 0.248 e. The molecule has 0 atom stereocenters. The Morgan fingerprint density at radius 3 is 2.62 bits per heavy atom. The molecule has 3 aliphatic rings. The van der Waals surface area contributed by atoms with Crippen molar-refractivity contribution in [1.82, 2.24) is 34.8 Å². The number of benzene rings is 2. The molecule has 3 N–H and O–H groups in total. The Balaban J connectivity index is 1.10. The monoisotopic (exact) mass is 521 g/mol. The first kappa shape index (κ1) is 24.2. The Morgan fingerprint density at radius 1 is 0.872 bits per heavy atom. The SMILES string of the molecule is CN1CCC(N2CCc3ccc(Nc4nc(N)n(-c5cc6c(nn5)-c5ccccc5CCC6)n4)cc3C2)CC1. The fraction of sp³-hybridized carbons (Fsp3) is 0.400. The molecule has 0 radical (unpaired) electrons. The van der Waals surface area contributed by atoms with Crippen LogP contribution in [-0.2, 0) is 25.8 Å². The molecule has 39 heavy (non-hydrogen) atoms. The third-order valence-electron chi connectivity index (χ3n) is 8.58. The van der Waals surface area contributed by atoms with Gasteiger partial charge >= 0.3 is 0 Å². The summed E-state index contributed by atoms with van der Waals surface area (Å²) in [5.74, 6) is 1.33. The van der Waals surface area contributed by atoms with E-state index in [2.05, 4.69) is 91.0 Å². The van der Waals surface area contributed by atoms with Crippen molar-refractivity contribution in [2.45, 2.75) is 51.1 Å². The third kappa shape index (κ3) is 4.77. The Kier molecular flexibility index (Phi) is 6.25. The number of rotatable bonds is 4. The Morgan fingerprint density at radius 2 is 1.72 bits per heavy atom. The van der Waals surface area contributed by atoms with Gasteiger partial charge in [0.2, 0.25) is 11.9 Å². The number of nitrogen functional groups attached to an aromatic ring is 1. The lowest BCUT2D eigenvalue weighted by Gasteiger charge is -2.39. The number of nitrogens with two attached hydrogens (primary N) is 1. The number of hydrogen-bond donors (Lipinski definition) is 2. The summed E-state index contributed by atoms with van der Waals surface area (Å²) in [6, 6.07) is 17.8. The number of anilines is 3. The fourth-order valence-corrected chi connectivity index (χ4v) is 6.38. The summed E-state index contributed by atoms with van der Waals surface area (Å²) in [4.78, 5) is 9.59. The van der Waals surface area contributed by atoms with E-state index in [-0.39, 0.29) is 5.95 Å². The highest BCUT2D eigenvalue weighted by Gasteiger charge is 2.26. The maximum absolute atomic E-state index is 6.30. The zero-order chi connectivity index (χ0) is 26.3. The van der Waals surface area contributed by atoms with Gasteiger partial charge < -0.3 is 16.0 Å². The lowest BCUT2D eigenvalue weighted by Crippen LogP contribution is -2.45. The second-order valence-corrected chi connectivity index (χ2v) is 11.2. The zero-order valence-electron chi connectivity index (χ0n) is 22.5. The van der Waals surface area contributed by atoms with Crippen LogP contribution < -0.4 is 11.1 Å². The molecule has 1 saturated heterocycles. The van der Waals surface area contributed by atoms with Gasteiger partial charge in [-0.2, -0.15) is 9.67 Å². The Hall–Kier alpha value is -3.82. The molecule has 0 saturated carbocycles. The number of nitrogens with one attached hydrogen (secondary N) is 1. The van der Waals surface area contributed by atoms with E-state index in [0.717, 1.165) is 50.2 Å². The van der Waals surface area contributed by atoms with Crippen LogP contribution in [0.5, 0.6) is 0 Å². The van der Waals surface area contributed by atoms with Gasteiger partial charge in [-0.25, -0.2) is 0 Å². The number of likely N-dealkylation sites (tertiary alicyclic amines) is 1. The average molecular weight is 522 g/mol. The van der Waals surface area contributed by atoms with Crippen molar-refractivity contribution >= 4 is 17.6 Å². The van der Waals surface area contributed by atoms with Crippen LogP contribution in [0.15, 0.2) is 48.5 Å². The van der Waals surface area contributed by atoms with Gasteiger partial charge in [0.15, 0.2) is 5.82 Å². The molecule has 2 aromatic carbocycles. The molecular weight excluding hydrogens is 486 g/mol. The fourth-order valence-electron chi connectivity index (χ4n) is 6.38. The van der Waals surface area contributed by atoms with E-state index < -0.39 is 0 Å². The van der Waals surface area contributed by atoms with Crippen LogP contribution in [-0.4, -0.2) is 67.5 Å². The van der Waals surface area contributed by atoms with Crippen molar-refractivity contribution in [1.29, 1.82) is 0 Å². The molecular formula is C30H35N9. The largest absolute Gasteiger partial charge is 0.368 e. The summed E-state index contributed by atoms with van der Waals surface area (Å²) < 4.78 is 1.58. The van der Waals surface area contributed by atoms with Gasteiger partial charge in [-0.05, 0) is 99.1 Å². The molecule has 200 valence electrons. The standard InChI is InChI=1S/C30H35N9/c1-37-14-12-25(13-15-37)38-16-11-20-9-10-24(17-23(20)19-38)32-30-33-29(31)39(36-30)27-18-22-7-4-6-21-5-2-3-8-26(21)28(22)35-34-27/h2-3,5,8-10,17-18,25H,4,6-7,11-16,19H2,1H3,(H3,31,32,33,36). The minimum Gasteiger partial charge on any atom is -0.368 e. The first-order valence-electron chi connectivity index (χ1n) is 14.1. The predicted molar refractivity (Wildman–Crippen MR) is 153 cm³/mol. The van der Waals surface area contributed by atoms with E-state index in [1.807, 2.05) is 0 Å². The summed E-state index contributed by atoms with van der Waals surface area (Å²) in [5, 5.41) is 17.1. The van der Waals surface area contributed by atoms with Crippen LogP contribution in [0.25, 0.3) is 17.1 Å². The molecule has 2 aliphatic heterocycles. The van der Waals surface area contributed by atoms with Crippen molar-refractivity contribution in [3.05, 3.63) is 70.8 Å². The van der Waals surface area contributed by atoms with Gasteiger partial charge in [0.05, 0.1) is 5.69 Å². The third-order valence-corrected chi connectivity index (χ3v) is 8.58. The molecule has 0 amide bonds. The van der Waals surface area contributed by atoms with Crippen molar-refractivity contribution in [3.8, 4) is 17.1 Å².